The SMILES string of the molecule is OCc1cccc(CNc2cncc(Cl)n2)c1. The number of nitrogens with one attached hydrogen (secondary N) is 1. The van der Waals surface area contributed by atoms with Crippen molar-refractivity contribution in [2.45, 2.75) is 13.2 Å². The first-order valence-electron chi connectivity index (χ1n) is 5.18. The van der Waals surface area contributed by atoms with Crippen molar-refractivity contribution >= 4 is 17.4 Å². The van der Waals surface area contributed by atoms with Gasteiger partial charge in [-0.3, -0.25) is 4.98 Å². The second-order valence-electron chi connectivity index (χ2n) is 3.56. The van der Waals surface area contributed by atoms with E-state index in [9.17, 15) is 0 Å². The van der Waals surface area contributed by atoms with Gasteiger partial charge in [0.2, 0.25) is 0 Å². The average Bonchev–Trinajstić information content (AvgIpc) is 2.37. The van der Waals surface area contributed by atoms with Crippen LogP contribution in [0.2, 0.25) is 5.15 Å². The maximum atomic E-state index is 9.02. The normalized spacial score (nSPS) is 10.2. The van der Waals surface area contributed by atoms with E-state index in [0.29, 0.717) is 17.5 Å². The first-order valence-corrected chi connectivity index (χ1v) is 5.56. The predicted molar refractivity (Wildman–Crippen MR) is 66.7 cm³/mol. The number of hydrogen-bond donors (Lipinski definition) is 2. The number of aliphatic hydroxyl groups is 1. The Balaban J connectivity index is 2.02. The van der Waals surface area contributed by atoms with Crippen molar-refractivity contribution in [2.75, 3.05) is 5.32 Å². The van der Waals surface area contributed by atoms with Crippen LogP contribution in [0.1, 0.15) is 11.1 Å². The summed E-state index contributed by atoms with van der Waals surface area (Å²) < 4.78 is 0. The van der Waals surface area contributed by atoms with Gasteiger partial charge in [-0.2, -0.15) is 0 Å². The molecule has 2 rings (SSSR count). The molecule has 0 unspecified atom stereocenters. The summed E-state index contributed by atoms with van der Waals surface area (Å²) in [6, 6.07) is 7.70. The molecule has 0 atom stereocenters. The molecule has 2 N–H and O–H groups in total. The first-order chi connectivity index (χ1) is 8.28. The second-order valence-corrected chi connectivity index (χ2v) is 3.95. The zero-order valence-electron chi connectivity index (χ0n) is 9.10. The minimum atomic E-state index is 0.0464. The van der Waals surface area contributed by atoms with Gasteiger partial charge in [0.05, 0.1) is 19.0 Å². The lowest BCUT2D eigenvalue weighted by Crippen LogP contribution is -2.02. The zero-order valence-corrected chi connectivity index (χ0v) is 9.85. The number of anilines is 1. The number of hydrogen-bond acceptors (Lipinski definition) is 4. The fourth-order valence-electron chi connectivity index (χ4n) is 1.46. The molecule has 0 spiro atoms. The van der Waals surface area contributed by atoms with E-state index in [4.69, 9.17) is 16.7 Å². The van der Waals surface area contributed by atoms with Gasteiger partial charge in [0.15, 0.2) is 0 Å². The number of halogens is 1. The monoisotopic (exact) mass is 249 g/mol. The summed E-state index contributed by atoms with van der Waals surface area (Å²) in [6.45, 7) is 0.660. The first kappa shape index (κ1) is 11.8. The van der Waals surface area contributed by atoms with Gasteiger partial charge < -0.3 is 10.4 Å². The van der Waals surface area contributed by atoms with Crippen molar-refractivity contribution in [3.8, 4) is 0 Å². The molecule has 0 aliphatic rings. The van der Waals surface area contributed by atoms with Crippen LogP contribution in [-0.4, -0.2) is 15.1 Å². The van der Waals surface area contributed by atoms with Gasteiger partial charge in [-0.05, 0) is 11.1 Å². The highest BCUT2D eigenvalue weighted by molar-refractivity contribution is 6.29. The Morgan fingerprint density at radius 2 is 2.06 bits per heavy atom. The van der Waals surface area contributed by atoms with Crippen LogP contribution in [-0.2, 0) is 13.2 Å². The smallest absolute Gasteiger partial charge is 0.149 e. The van der Waals surface area contributed by atoms with Crippen LogP contribution >= 0.6 is 11.6 Å². The fraction of sp³-hybridized carbons (Fsp3) is 0.167. The van der Waals surface area contributed by atoms with Gasteiger partial charge >= 0.3 is 0 Å². The van der Waals surface area contributed by atoms with Crippen LogP contribution in [0, 0.1) is 0 Å². The summed E-state index contributed by atoms with van der Waals surface area (Å²) in [6.07, 6.45) is 3.10. The Kier molecular flexibility index (Phi) is 3.90. The van der Waals surface area contributed by atoms with Crippen LogP contribution in [0.15, 0.2) is 36.7 Å². The van der Waals surface area contributed by atoms with E-state index < -0.39 is 0 Å². The predicted octanol–water partition coefficient (Wildman–Crippen LogP) is 2.23. The molecule has 1 aromatic carbocycles. The van der Waals surface area contributed by atoms with Gasteiger partial charge in [0.1, 0.15) is 11.0 Å². The third-order valence-corrected chi connectivity index (χ3v) is 2.43. The standard InChI is InChI=1S/C12H12ClN3O/c13-11-6-14-7-12(16-11)15-5-9-2-1-3-10(4-9)8-17/h1-4,6-7,17H,5,8H2,(H,15,16). The molecular weight excluding hydrogens is 238 g/mol. The van der Waals surface area contributed by atoms with Crippen LogP contribution in [0.3, 0.4) is 0 Å². The number of aromatic nitrogens is 2. The van der Waals surface area contributed by atoms with Crippen molar-refractivity contribution < 1.29 is 5.11 Å². The molecular formula is C12H12ClN3O. The minimum absolute atomic E-state index is 0.0464. The molecule has 2 aromatic rings. The molecule has 0 fully saturated rings. The Labute approximate surface area is 104 Å². The van der Waals surface area contributed by atoms with Crippen molar-refractivity contribution in [1.29, 1.82) is 0 Å². The lowest BCUT2D eigenvalue weighted by atomic mass is 10.1. The summed E-state index contributed by atoms with van der Waals surface area (Å²) in [4.78, 5) is 8.01. The number of benzene rings is 1. The molecule has 17 heavy (non-hydrogen) atoms. The Bertz CT molecular complexity index is 505. The van der Waals surface area contributed by atoms with Crippen LogP contribution in [0.5, 0.6) is 0 Å². The highest BCUT2D eigenvalue weighted by Crippen LogP contribution is 2.10. The Morgan fingerprint density at radius 3 is 2.82 bits per heavy atom. The summed E-state index contributed by atoms with van der Waals surface area (Å²) in [5.74, 6) is 0.631. The van der Waals surface area contributed by atoms with Crippen molar-refractivity contribution in [3.05, 3.63) is 52.9 Å². The van der Waals surface area contributed by atoms with E-state index in [1.54, 1.807) is 6.20 Å². The molecule has 0 saturated heterocycles. The molecule has 0 amide bonds. The molecule has 0 aliphatic carbocycles. The average molecular weight is 250 g/mol. The molecule has 0 saturated carbocycles. The zero-order chi connectivity index (χ0) is 12.1. The fourth-order valence-corrected chi connectivity index (χ4v) is 1.61. The van der Waals surface area contributed by atoms with Gasteiger partial charge in [-0.25, -0.2) is 4.98 Å². The molecule has 1 heterocycles. The molecule has 88 valence electrons. The van der Waals surface area contributed by atoms with Crippen molar-refractivity contribution in [2.24, 2.45) is 0 Å². The third-order valence-electron chi connectivity index (χ3n) is 2.25. The van der Waals surface area contributed by atoms with E-state index >= 15 is 0 Å². The van der Waals surface area contributed by atoms with Crippen molar-refractivity contribution in [3.63, 3.8) is 0 Å². The molecule has 5 heteroatoms. The molecule has 1 aromatic heterocycles. The highest BCUT2D eigenvalue weighted by atomic mass is 35.5. The molecule has 0 radical (unpaired) electrons. The summed E-state index contributed by atoms with van der Waals surface area (Å²) in [5, 5.41) is 12.5. The number of aliphatic hydroxyl groups excluding tert-OH is 1. The largest absolute Gasteiger partial charge is 0.392 e. The third kappa shape index (κ3) is 3.41. The van der Waals surface area contributed by atoms with Gasteiger partial charge in [-0.1, -0.05) is 35.9 Å². The van der Waals surface area contributed by atoms with Gasteiger partial charge in [0.25, 0.3) is 0 Å². The lowest BCUT2D eigenvalue weighted by Gasteiger charge is -2.06. The minimum Gasteiger partial charge on any atom is -0.392 e. The lowest BCUT2D eigenvalue weighted by molar-refractivity contribution is 0.281. The Morgan fingerprint density at radius 1 is 1.24 bits per heavy atom. The van der Waals surface area contributed by atoms with Gasteiger partial charge in [0, 0.05) is 6.54 Å². The number of nitrogens with zero attached hydrogens (tertiary/aromatic N) is 2. The highest BCUT2D eigenvalue weighted by Gasteiger charge is 1.98. The van der Waals surface area contributed by atoms with Crippen LogP contribution in [0.25, 0.3) is 0 Å². The molecule has 0 bridgehead atoms. The van der Waals surface area contributed by atoms with E-state index in [1.165, 1.54) is 6.20 Å². The topological polar surface area (TPSA) is 58.0 Å². The van der Waals surface area contributed by atoms with E-state index in [2.05, 4.69) is 15.3 Å². The van der Waals surface area contributed by atoms with Crippen LogP contribution < -0.4 is 5.32 Å². The summed E-state index contributed by atoms with van der Waals surface area (Å²) in [7, 11) is 0. The quantitative estimate of drug-likeness (QED) is 0.873. The molecule has 4 nitrogen and oxygen atoms in total. The van der Waals surface area contributed by atoms with Gasteiger partial charge in [-0.15, -0.1) is 0 Å². The summed E-state index contributed by atoms with van der Waals surface area (Å²) >= 11 is 5.73. The van der Waals surface area contributed by atoms with Crippen molar-refractivity contribution in [1.82, 2.24) is 9.97 Å². The van der Waals surface area contributed by atoms with E-state index in [-0.39, 0.29) is 6.61 Å². The number of rotatable bonds is 4. The maximum absolute atomic E-state index is 9.02. The Hall–Kier alpha value is -1.65. The molecule has 0 aliphatic heterocycles. The van der Waals surface area contributed by atoms with E-state index in [0.717, 1.165) is 11.1 Å². The second kappa shape index (κ2) is 5.61. The van der Waals surface area contributed by atoms with Crippen LogP contribution in [0.4, 0.5) is 5.82 Å². The van der Waals surface area contributed by atoms with E-state index in [1.807, 2.05) is 24.3 Å². The maximum Gasteiger partial charge on any atom is 0.149 e. The summed E-state index contributed by atoms with van der Waals surface area (Å²) in [5.41, 5.74) is 1.96.